The van der Waals surface area contributed by atoms with Crippen molar-refractivity contribution in [3.8, 4) is 10.6 Å². The molecule has 0 saturated heterocycles. The maximum atomic E-state index is 12.7. The Balaban J connectivity index is 2.04. The summed E-state index contributed by atoms with van der Waals surface area (Å²) in [4.78, 5) is 16.8. The van der Waals surface area contributed by atoms with Crippen molar-refractivity contribution < 1.29 is 18.0 Å². The number of hydrogen-bond donors (Lipinski definition) is 0. The molecule has 0 aliphatic heterocycles. The lowest BCUT2D eigenvalue weighted by atomic mass is 10.0. The number of aromatic nitrogens is 1. The summed E-state index contributed by atoms with van der Waals surface area (Å²) in [5.41, 5.74) is 0.148. The molecule has 0 amide bonds. The topological polar surface area (TPSA) is 30.0 Å². The zero-order valence-electron chi connectivity index (χ0n) is 10.3. The number of hydrogen-bond acceptors (Lipinski definition) is 3. The van der Waals surface area contributed by atoms with Crippen molar-refractivity contribution >= 4 is 17.1 Å². The standard InChI is InChI=1S/C14H10F3NOS/c15-14(16,17)9-4-1-3-8(7-9)13-18-12-10(19)5-2-6-11(12)20-13/h1,3-4,7H,2,5-6H2. The fourth-order valence-electron chi connectivity index (χ4n) is 2.22. The van der Waals surface area contributed by atoms with Crippen LogP contribution < -0.4 is 0 Å². The van der Waals surface area contributed by atoms with Gasteiger partial charge in [0, 0.05) is 16.9 Å². The third-order valence-corrected chi connectivity index (χ3v) is 4.37. The van der Waals surface area contributed by atoms with Crippen LogP contribution in [-0.4, -0.2) is 10.8 Å². The summed E-state index contributed by atoms with van der Waals surface area (Å²) in [5, 5.41) is 0.483. The minimum absolute atomic E-state index is 0.0132. The first-order valence-corrected chi connectivity index (χ1v) is 6.97. The van der Waals surface area contributed by atoms with Gasteiger partial charge >= 0.3 is 6.18 Å². The molecule has 1 heterocycles. The van der Waals surface area contributed by atoms with Crippen LogP contribution in [0.1, 0.15) is 33.8 Å². The van der Waals surface area contributed by atoms with Crippen molar-refractivity contribution in [1.82, 2.24) is 4.98 Å². The maximum Gasteiger partial charge on any atom is 0.416 e. The minimum Gasteiger partial charge on any atom is -0.292 e. The Bertz CT molecular complexity index is 675. The van der Waals surface area contributed by atoms with Crippen LogP contribution in [0.5, 0.6) is 0 Å². The number of thiazole rings is 1. The number of ketones is 1. The molecule has 2 nitrogen and oxygen atoms in total. The molecule has 1 aliphatic carbocycles. The number of benzene rings is 1. The summed E-state index contributed by atoms with van der Waals surface area (Å²) in [5.74, 6) is -0.0132. The lowest BCUT2D eigenvalue weighted by Gasteiger charge is -2.07. The molecule has 3 rings (SSSR count). The summed E-state index contributed by atoms with van der Waals surface area (Å²) < 4.78 is 38.1. The van der Waals surface area contributed by atoms with Crippen LogP contribution in [0.4, 0.5) is 13.2 Å². The molecule has 0 unspecified atom stereocenters. The maximum absolute atomic E-state index is 12.7. The SMILES string of the molecule is O=C1CCCc2sc(-c3cccc(C(F)(F)F)c3)nc21. The van der Waals surface area contributed by atoms with E-state index in [0.717, 1.165) is 29.9 Å². The molecule has 1 aromatic heterocycles. The molecule has 2 aromatic rings. The molecule has 0 bridgehead atoms. The Morgan fingerprint density at radius 3 is 2.70 bits per heavy atom. The number of carbonyl (C=O) groups excluding carboxylic acids is 1. The van der Waals surface area contributed by atoms with Crippen molar-refractivity contribution in [3.63, 3.8) is 0 Å². The van der Waals surface area contributed by atoms with Crippen LogP contribution in [0, 0.1) is 0 Å². The van der Waals surface area contributed by atoms with E-state index in [1.165, 1.54) is 17.4 Å². The Morgan fingerprint density at radius 2 is 2.00 bits per heavy atom. The molecule has 104 valence electrons. The highest BCUT2D eigenvalue weighted by molar-refractivity contribution is 7.15. The third-order valence-electron chi connectivity index (χ3n) is 3.21. The number of rotatable bonds is 1. The van der Waals surface area contributed by atoms with E-state index in [0.29, 0.717) is 22.7 Å². The number of carbonyl (C=O) groups is 1. The highest BCUT2D eigenvalue weighted by Crippen LogP contribution is 2.36. The van der Waals surface area contributed by atoms with Gasteiger partial charge in [0.1, 0.15) is 10.7 Å². The summed E-state index contributed by atoms with van der Waals surface area (Å²) in [6.07, 6.45) is -2.34. The molecule has 0 spiro atoms. The Hall–Kier alpha value is -1.69. The van der Waals surface area contributed by atoms with Crippen molar-refractivity contribution in [1.29, 1.82) is 0 Å². The van der Waals surface area contributed by atoms with Gasteiger partial charge in [-0.05, 0) is 25.0 Å². The number of fused-ring (bicyclic) bond motifs is 1. The number of nitrogens with zero attached hydrogens (tertiary/aromatic N) is 1. The van der Waals surface area contributed by atoms with Crippen molar-refractivity contribution in [3.05, 3.63) is 40.4 Å². The number of aryl methyl sites for hydroxylation is 1. The van der Waals surface area contributed by atoms with Crippen LogP contribution in [0.3, 0.4) is 0 Å². The zero-order valence-corrected chi connectivity index (χ0v) is 11.1. The quantitative estimate of drug-likeness (QED) is 0.783. The highest BCUT2D eigenvalue weighted by atomic mass is 32.1. The van der Waals surface area contributed by atoms with E-state index in [2.05, 4.69) is 4.98 Å². The van der Waals surface area contributed by atoms with Crippen molar-refractivity contribution in [2.24, 2.45) is 0 Å². The van der Waals surface area contributed by atoms with Crippen molar-refractivity contribution in [2.45, 2.75) is 25.4 Å². The monoisotopic (exact) mass is 297 g/mol. The molecular formula is C14H10F3NOS. The van der Waals surface area contributed by atoms with Gasteiger partial charge in [-0.1, -0.05) is 12.1 Å². The summed E-state index contributed by atoms with van der Waals surface area (Å²) in [6.45, 7) is 0. The van der Waals surface area contributed by atoms with Gasteiger partial charge in [0.2, 0.25) is 0 Å². The molecule has 0 radical (unpaired) electrons. The van der Waals surface area contributed by atoms with E-state index < -0.39 is 11.7 Å². The first kappa shape index (κ1) is 13.3. The van der Waals surface area contributed by atoms with Crippen LogP contribution in [-0.2, 0) is 12.6 Å². The van der Waals surface area contributed by atoms with Crippen molar-refractivity contribution in [2.75, 3.05) is 0 Å². The summed E-state index contributed by atoms with van der Waals surface area (Å²) in [7, 11) is 0. The van der Waals surface area contributed by atoms with Gasteiger partial charge < -0.3 is 0 Å². The van der Waals surface area contributed by atoms with Gasteiger partial charge in [0.15, 0.2) is 5.78 Å². The number of Topliss-reactive ketones (excluding diaryl/α,β-unsaturated/α-hetero) is 1. The second-order valence-corrected chi connectivity index (χ2v) is 5.73. The van der Waals surface area contributed by atoms with E-state index >= 15 is 0 Å². The van der Waals surface area contributed by atoms with Gasteiger partial charge in [-0.25, -0.2) is 4.98 Å². The number of alkyl halides is 3. The van der Waals surface area contributed by atoms with E-state index in [-0.39, 0.29) is 5.78 Å². The van der Waals surface area contributed by atoms with Gasteiger partial charge in [0.25, 0.3) is 0 Å². The Kier molecular flexibility index (Phi) is 3.12. The van der Waals surface area contributed by atoms with Crippen LogP contribution in [0.25, 0.3) is 10.6 Å². The third kappa shape index (κ3) is 2.35. The molecule has 0 atom stereocenters. The second-order valence-electron chi connectivity index (χ2n) is 4.65. The zero-order chi connectivity index (χ0) is 14.3. The normalized spacial score (nSPS) is 15.2. The molecule has 1 aromatic carbocycles. The largest absolute Gasteiger partial charge is 0.416 e. The molecule has 20 heavy (non-hydrogen) atoms. The average Bonchev–Trinajstić information content (AvgIpc) is 2.83. The van der Waals surface area contributed by atoms with Gasteiger partial charge in [-0.15, -0.1) is 11.3 Å². The van der Waals surface area contributed by atoms with E-state index in [4.69, 9.17) is 0 Å². The number of halogens is 3. The van der Waals surface area contributed by atoms with E-state index in [1.807, 2.05) is 0 Å². The molecule has 0 N–H and O–H groups in total. The fourth-order valence-corrected chi connectivity index (χ4v) is 3.34. The fraction of sp³-hybridized carbons (Fsp3) is 0.286. The van der Waals surface area contributed by atoms with Gasteiger partial charge in [-0.2, -0.15) is 13.2 Å². The Morgan fingerprint density at radius 1 is 1.20 bits per heavy atom. The lowest BCUT2D eigenvalue weighted by molar-refractivity contribution is -0.137. The molecule has 1 aliphatic rings. The van der Waals surface area contributed by atoms with Crippen LogP contribution >= 0.6 is 11.3 Å². The molecule has 0 fully saturated rings. The first-order valence-electron chi connectivity index (χ1n) is 6.16. The average molecular weight is 297 g/mol. The summed E-state index contributed by atoms with van der Waals surface area (Å²) in [6, 6.07) is 5.06. The van der Waals surface area contributed by atoms with Crippen LogP contribution in [0.2, 0.25) is 0 Å². The predicted octanol–water partition coefficient (Wildman–Crippen LogP) is 4.35. The molecular weight excluding hydrogens is 287 g/mol. The Labute approximate surface area is 117 Å². The summed E-state index contributed by atoms with van der Waals surface area (Å²) >= 11 is 1.31. The van der Waals surface area contributed by atoms with Gasteiger partial charge in [-0.3, -0.25) is 4.79 Å². The second kappa shape index (κ2) is 4.70. The smallest absolute Gasteiger partial charge is 0.292 e. The lowest BCUT2D eigenvalue weighted by Crippen LogP contribution is -2.08. The minimum atomic E-state index is -4.37. The molecule has 6 heteroatoms. The van der Waals surface area contributed by atoms with E-state index in [1.54, 1.807) is 6.07 Å². The highest BCUT2D eigenvalue weighted by Gasteiger charge is 2.31. The predicted molar refractivity (Wildman–Crippen MR) is 69.8 cm³/mol. The van der Waals surface area contributed by atoms with Crippen LogP contribution in [0.15, 0.2) is 24.3 Å². The van der Waals surface area contributed by atoms with Gasteiger partial charge in [0.05, 0.1) is 5.56 Å². The first-order chi connectivity index (χ1) is 9.45. The molecule has 0 saturated carbocycles. The van der Waals surface area contributed by atoms with E-state index in [9.17, 15) is 18.0 Å².